The topological polar surface area (TPSA) is 57.5 Å². The predicted molar refractivity (Wildman–Crippen MR) is 159 cm³/mol. The van der Waals surface area contributed by atoms with Gasteiger partial charge in [0, 0.05) is 16.7 Å². The van der Waals surface area contributed by atoms with Crippen molar-refractivity contribution in [1.82, 2.24) is 0 Å². The zero-order valence-electron chi connectivity index (χ0n) is 22.0. The summed E-state index contributed by atoms with van der Waals surface area (Å²) in [5, 5.41) is 14.4. The highest BCUT2D eigenvalue weighted by atomic mass is 32.2. The lowest BCUT2D eigenvalue weighted by atomic mass is 9.93. The lowest BCUT2D eigenvalue weighted by molar-refractivity contribution is -0.134. The number of carbonyl (C=O) groups is 1. The molecule has 0 amide bonds. The number of carbonyl (C=O) groups excluding carboxylic acids is 1. The number of anilines is 2. The van der Waals surface area contributed by atoms with Gasteiger partial charge in [0.2, 0.25) is 10.0 Å². The molecule has 0 fully saturated rings. The van der Waals surface area contributed by atoms with Gasteiger partial charge in [0.1, 0.15) is 0 Å². The van der Waals surface area contributed by atoms with Crippen molar-refractivity contribution in [3.05, 3.63) is 131 Å². The molecule has 0 bridgehead atoms. The van der Waals surface area contributed by atoms with Crippen molar-refractivity contribution < 1.29 is 9.53 Å². The molecule has 7 heteroatoms. The molecule has 1 spiro atoms. The summed E-state index contributed by atoms with van der Waals surface area (Å²) in [4.78, 5) is 12.1. The quantitative estimate of drug-likeness (QED) is 0.264. The van der Waals surface area contributed by atoms with Gasteiger partial charge in [-0.3, -0.25) is 0 Å². The van der Waals surface area contributed by atoms with E-state index >= 15 is 0 Å². The standard InChI is InChI=1S/C32H28N4O2S/c1-4-38-31(37)30-34-36(26-20-16-23(3)17-21-26)32(39-30)28-13-9-8-12-27(28)29(24-18-14-22(2)15-19-24)33-35(32)25-10-6-5-7-11-25/h5-21H,4H2,1-3H3/t32-/m0/s1. The molecule has 2 aliphatic rings. The first-order valence-electron chi connectivity index (χ1n) is 12.9. The number of ether oxygens (including phenoxy) is 1. The van der Waals surface area contributed by atoms with Crippen LogP contribution < -0.4 is 10.0 Å². The SMILES string of the molecule is CCOC(=O)C1=NN(c2ccc(C)cc2)[C@]2(S1)c1ccccc1C(c1ccc(C)cc1)=NN2c1ccccc1. The van der Waals surface area contributed by atoms with Crippen LogP contribution >= 0.6 is 11.8 Å². The molecule has 0 unspecified atom stereocenters. The number of rotatable bonds is 5. The van der Waals surface area contributed by atoms with E-state index in [1.165, 1.54) is 17.3 Å². The summed E-state index contributed by atoms with van der Waals surface area (Å²) in [6.07, 6.45) is 0. The summed E-state index contributed by atoms with van der Waals surface area (Å²) in [6, 6.07) is 34.8. The maximum absolute atomic E-state index is 13.1. The van der Waals surface area contributed by atoms with Crippen LogP contribution in [-0.2, 0) is 14.5 Å². The van der Waals surface area contributed by atoms with Crippen LogP contribution in [-0.4, -0.2) is 23.3 Å². The molecule has 0 aliphatic carbocycles. The smallest absolute Gasteiger partial charge is 0.365 e. The Kier molecular flexibility index (Phi) is 6.45. The Morgan fingerprint density at radius 1 is 0.769 bits per heavy atom. The highest BCUT2D eigenvalue weighted by molar-refractivity contribution is 8.16. The van der Waals surface area contributed by atoms with E-state index < -0.39 is 11.0 Å². The van der Waals surface area contributed by atoms with Gasteiger partial charge in [-0.25, -0.2) is 14.8 Å². The summed E-state index contributed by atoms with van der Waals surface area (Å²) in [5.74, 6) is -0.449. The third-order valence-electron chi connectivity index (χ3n) is 6.79. The predicted octanol–water partition coefficient (Wildman–Crippen LogP) is 6.82. The molecule has 6 rings (SSSR count). The minimum atomic E-state index is -1.01. The molecule has 2 heterocycles. The van der Waals surface area contributed by atoms with Gasteiger partial charge in [-0.1, -0.05) is 90.0 Å². The highest BCUT2D eigenvalue weighted by Crippen LogP contribution is 2.55. The lowest BCUT2D eigenvalue weighted by Crippen LogP contribution is -2.54. The first-order chi connectivity index (χ1) is 19.0. The van der Waals surface area contributed by atoms with Crippen LogP contribution in [0.3, 0.4) is 0 Å². The van der Waals surface area contributed by atoms with E-state index in [1.54, 1.807) is 6.92 Å². The Balaban J connectivity index is 1.64. The number of thioether (sulfide) groups is 1. The zero-order valence-corrected chi connectivity index (χ0v) is 22.9. The molecule has 2 aliphatic heterocycles. The number of esters is 1. The van der Waals surface area contributed by atoms with Crippen LogP contribution in [0.25, 0.3) is 0 Å². The fourth-order valence-electron chi connectivity index (χ4n) is 4.89. The summed E-state index contributed by atoms with van der Waals surface area (Å²) < 4.78 is 5.42. The van der Waals surface area contributed by atoms with Gasteiger partial charge in [0.15, 0.2) is 0 Å². The Bertz CT molecular complexity index is 1580. The second-order valence-corrected chi connectivity index (χ2v) is 10.7. The van der Waals surface area contributed by atoms with Crippen LogP contribution in [0.5, 0.6) is 0 Å². The summed E-state index contributed by atoms with van der Waals surface area (Å²) in [5.41, 5.74) is 7.88. The molecular formula is C32H28N4O2S. The Labute approximate surface area is 232 Å². The largest absolute Gasteiger partial charge is 0.461 e. The molecule has 4 aromatic carbocycles. The molecular weight excluding hydrogens is 504 g/mol. The number of para-hydroxylation sites is 1. The second-order valence-electron chi connectivity index (χ2n) is 9.49. The van der Waals surface area contributed by atoms with E-state index in [4.69, 9.17) is 14.9 Å². The Morgan fingerprint density at radius 2 is 1.36 bits per heavy atom. The molecule has 0 aromatic heterocycles. The van der Waals surface area contributed by atoms with Crippen molar-refractivity contribution in [1.29, 1.82) is 0 Å². The van der Waals surface area contributed by atoms with Gasteiger partial charge in [-0.2, -0.15) is 10.2 Å². The number of aryl methyl sites for hydroxylation is 2. The average Bonchev–Trinajstić information content (AvgIpc) is 3.36. The molecule has 194 valence electrons. The van der Waals surface area contributed by atoms with Crippen LogP contribution in [0.1, 0.15) is 34.7 Å². The highest BCUT2D eigenvalue weighted by Gasteiger charge is 2.56. The van der Waals surface area contributed by atoms with Crippen molar-refractivity contribution in [2.75, 3.05) is 16.6 Å². The van der Waals surface area contributed by atoms with Crippen LogP contribution in [0.2, 0.25) is 0 Å². The lowest BCUT2D eigenvalue weighted by Gasteiger charge is -2.47. The van der Waals surface area contributed by atoms with Gasteiger partial charge in [-0.15, -0.1) is 0 Å². The third-order valence-corrected chi connectivity index (χ3v) is 8.08. The monoisotopic (exact) mass is 532 g/mol. The number of hydrogen-bond acceptors (Lipinski definition) is 7. The first-order valence-corrected chi connectivity index (χ1v) is 13.8. The molecule has 0 saturated carbocycles. The molecule has 39 heavy (non-hydrogen) atoms. The molecule has 0 radical (unpaired) electrons. The van der Waals surface area contributed by atoms with Crippen LogP contribution in [0, 0.1) is 13.8 Å². The van der Waals surface area contributed by atoms with E-state index in [0.717, 1.165) is 39.3 Å². The van der Waals surface area contributed by atoms with Gasteiger partial charge in [0.05, 0.1) is 23.7 Å². The molecule has 6 nitrogen and oxygen atoms in total. The zero-order chi connectivity index (χ0) is 27.0. The minimum Gasteiger partial charge on any atom is -0.461 e. The number of fused-ring (bicyclic) bond motifs is 2. The summed E-state index contributed by atoms with van der Waals surface area (Å²) >= 11 is 1.35. The molecule has 0 saturated heterocycles. The van der Waals surface area contributed by atoms with E-state index in [0.29, 0.717) is 0 Å². The van der Waals surface area contributed by atoms with Gasteiger partial charge >= 0.3 is 5.97 Å². The third kappa shape index (κ3) is 4.29. The fraction of sp³-hybridized carbons (Fsp3) is 0.156. The molecule has 0 N–H and O–H groups in total. The average molecular weight is 533 g/mol. The van der Waals surface area contributed by atoms with Gasteiger partial charge in [0.25, 0.3) is 0 Å². The fourth-order valence-corrected chi connectivity index (χ4v) is 6.18. The minimum absolute atomic E-state index is 0.269. The maximum atomic E-state index is 13.1. The number of hydrazone groups is 2. The molecule has 1 atom stereocenters. The number of benzene rings is 4. The van der Waals surface area contributed by atoms with E-state index in [9.17, 15) is 4.79 Å². The normalized spacial score (nSPS) is 18.0. The Morgan fingerprint density at radius 3 is 2.05 bits per heavy atom. The van der Waals surface area contributed by atoms with E-state index in [2.05, 4.69) is 50.2 Å². The van der Waals surface area contributed by atoms with Gasteiger partial charge in [-0.05, 0) is 56.8 Å². The maximum Gasteiger partial charge on any atom is 0.365 e. The Hall–Kier alpha value is -4.36. The van der Waals surface area contributed by atoms with Gasteiger partial charge < -0.3 is 4.74 Å². The molecule has 4 aromatic rings. The summed E-state index contributed by atoms with van der Waals surface area (Å²) in [7, 11) is 0. The van der Waals surface area contributed by atoms with Crippen molar-refractivity contribution >= 4 is 39.9 Å². The second kappa shape index (κ2) is 10.1. The van der Waals surface area contributed by atoms with E-state index in [-0.39, 0.29) is 11.7 Å². The van der Waals surface area contributed by atoms with Crippen LogP contribution in [0.4, 0.5) is 11.4 Å². The first kappa shape index (κ1) is 24.9. The van der Waals surface area contributed by atoms with Crippen molar-refractivity contribution in [2.24, 2.45) is 10.2 Å². The van der Waals surface area contributed by atoms with Crippen molar-refractivity contribution in [2.45, 2.75) is 25.8 Å². The van der Waals surface area contributed by atoms with Crippen LogP contribution in [0.15, 0.2) is 113 Å². The van der Waals surface area contributed by atoms with Crippen molar-refractivity contribution in [3.8, 4) is 0 Å². The number of hydrogen-bond donors (Lipinski definition) is 0. The summed E-state index contributed by atoms with van der Waals surface area (Å²) in [6.45, 7) is 6.20. The van der Waals surface area contributed by atoms with Crippen molar-refractivity contribution in [3.63, 3.8) is 0 Å². The number of nitrogens with zero attached hydrogens (tertiary/aromatic N) is 4. The van der Waals surface area contributed by atoms with E-state index in [1.807, 2.05) is 76.7 Å².